The van der Waals surface area contributed by atoms with Crippen LogP contribution in [-0.4, -0.2) is 41.8 Å². The summed E-state index contributed by atoms with van der Waals surface area (Å²) < 4.78 is 31.8. The molecular formula is C15H19F2NO3. The Balaban J connectivity index is 2.16. The van der Waals surface area contributed by atoms with Gasteiger partial charge in [0, 0.05) is 18.7 Å². The maximum absolute atomic E-state index is 13.3. The summed E-state index contributed by atoms with van der Waals surface area (Å²) >= 11 is 0. The molecule has 0 spiro atoms. The van der Waals surface area contributed by atoms with Gasteiger partial charge in [0.1, 0.15) is 11.6 Å². The van der Waals surface area contributed by atoms with Gasteiger partial charge in [0.15, 0.2) is 0 Å². The van der Waals surface area contributed by atoms with Crippen LogP contribution in [-0.2, 0) is 16.1 Å². The first-order valence-electron chi connectivity index (χ1n) is 7.00. The van der Waals surface area contributed by atoms with Crippen LogP contribution in [0.15, 0.2) is 18.2 Å². The highest BCUT2D eigenvalue weighted by atomic mass is 19.1. The smallest absolute Gasteiger partial charge is 0.310 e. The Morgan fingerprint density at radius 3 is 2.57 bits per heavy atom. The zero-order valence-electron chi connectivity index (χ0n) is 11.9. The number of rotatable bonds is 6. The minimum absolute atomic E-state index is 0.178. The highest BCUT2D eigenvalue weighted by Gasteiger charge is 2.37. The predicted molar refractivity (Wildman–Crippen MR) is 72.8 cm³/mol. The second kappa shape index (κ2) is 6.95. The third-order valence-corrected chi connectivity index (χ3v) is 3.66. The highest BCUT2D eigenvalue weighted by Crippen LogP contribution is 2.23. The number of hydrogen-bond donors (Lipinski definition) is 1. The summed E-state index contributed by atoms with van der Waals surface area (Å²) in [5.74, 6) is -2.75. The van der Waals surface area contributed by atoms with Crippen molar-refractivity contribution in [1.82, 2.24) is 4.90 Å². The van der Waals surface area contributed by atoms with E-state index in [-0.39, 0.29) is 12.6 Å². The van der Waals surface area contributed by atoms with Gasteiger partial charge in [0.05, 0.1) is 19.1 Å². The summed E-state index contributed by atoms with van der Waals surface area (Å²) in [6.07, 6.45) is 0.820. The zero-order valence-corrected chi connectivity index (χ0v) is 11.9. The summed E-state index contributed by atoms with van der Waals surface area (Å²) in [4.78, 5) is 13.2. The quantitative estimate of drug-likeness (QED) is 0.875. The molecular weight excluding hydrogens is 280 g/mol. The molecule has 21 heavy (non-hydrogen) atoms. The van der Waals surface area contributed by atoms with Crippen molar-refractivity contribution >= 4 is 5.97 Å². The number of carboxylic acid groups (broad SMARTS) is 1. The van der Waals surface area contributed by atoms with E-state index in [1.165, 1.54) is 12.1 Å². The van der Waals surface area contributed by atoms with Gasteiger partial charge in [-0.15, -0.1) is 0 Å². The molecule has 0 aromatic heterocycles. The van der Waals surface area contributed by atoms with Gasteiger partial charge < -0.3 is 9.84 Å². The summed E-state index contributed by atoms with van der Waals surface area (Å²) in [7, 11) is 0. The van der Waals surface area contributed by atoms with E-state index in [9.17, 15) is 18.7 Å². The number of hydrogen-bond acceptors (Lipinski definition) is 3. The van der Waals surface area contributed by atoms with Crippen LogP contribution >= 0.6 is 0 Å². The van der Waals surface area contributed by atoms with Gasteiger partial charge in [0.25, 0.3) is 0 Å². The average Bonchev–Trinajstić information content (AvgIpc) is 2.86. The Hall–Kier alpha value is -1.53. The number of ether oxygens (including phenoxy) is 1. The number of carboxylic acids is 1. The summed E-state index contributed by atoms with van der Waals surface area (Å²) in [5.41, 5.74) is 0.497. The molecule has 2 rings (SSSR count). The normalized spacial score (nSPS) is 21.9. The van der Waals surface area contributed by atoms with Gasteiger partial charge in [-0.2, -0.15) is 0 Å². The molecule has 116 valence electrons. The second-order valence-corrected chi connectivity index (χ2v) is 5.30. The van der Waals surface area contributed by atoms with Crippen molar-refractivity contribution < 1.29 is 23.4 Å². The standard InChI is InChI=1S/C15H19F2NO3/c1-2-3-18(14-9-21-8-13(14)15(19)20)7-10-4-11(16)6-12(17)5-10/h4-6,13-14H,2-3,7-9H2,1H3,(H,19,20). The summed E-state index contributed by atoms with van der Waals surface area (Å²) in [6, 6.07) is 3.11. The fourth-order valence-corrected chi connectivity index (χ4v) is 2.72. The zero-order chi connectivity index (χ0) is 15.4. The lowest BCUT2D eigenvalue weighted by atomic mass is 10.0. The largest absolute Gasteiger partial charge is 0.481 e. The number of halogens is 2. The Morgan fingerprint density at radius 1 is 1.33 bits per heavy atom. The molecule has 0 bridgehead atoms. The fourth-order valence-electron chi connectivity index (χ4n) is 2.72. The van der Waals surface area contributed by atoms with Gasteiger partial charge in [-0.3, -0.25) is 9.69 Å². The van der Waals surface area contributed by atoms with Crippen LogP contribution < -0.4 is 0 Å². The summed E-state index contributed by atoms with van der Waals surface area (Å²) in [6.45, 7) is 3.44. The van der Waals surface area contributed by atoms with Gasteiger partial charge in [0.2, 0.25) is 0 Å². The Bertz CT molecular complexity index is 489. The maximum Gasteiger partial charge on any atom is 0.310 e. The maximum atomic E-state index is 13.3. The molecule has 1 aliphatic rings. The van der Waals surface area contributed by atoms with Crippen molar-refractivity contribution in [3.05, 3.63) is 35.4 Å². The lowest BCUT2D eigenvalue weighted by Gasteiger charge is -2.30. The van der Waals surface area contributed by atoms with Crippen LogP contribution in [0.25, 0.3) is 0 Å². The van der Waals surface area contributed by atoms with E-state index >= 15 is 0 Å². The van der Waals surface area contributed by atoms with E-state index in [1.807, 2.05) is 11.8 Å². The molecule has 0 radical (unpaired) electrons. The molecule has 4 nitrogen and oxygen atoms in total. The number of carbonyl (C=O) groups is 1. The number of nitrogens with zero attached hydrogens (tertiary/aromatic N) is 1. The minimum Gasteiger partial charge on any atom is -0.481 e. The Kier molecular flexibility index (Phi) is 5.25. The van der Waals surface area contributed by atoms with Crippen LogP contribution in [0.1, 0.15) is 18.9 Å². The van der Waals surface area contributed by atoms with Crippen LogP contribution in [0.4, 0.5) is 8.78 Å². The predicted octanol–water partition coefficient (Wildman–Crippen LogP) is 2.28. The molecule has 1 fully saturated rings. The number of benzene rings is 1. The van der Waals surface area contributed by atoms with Crippen LogP contribution in [0.3, 0.4) is 0 Å². The van der Waals surface area contributed by atoms with Gasteiger partial charge >= 0.3 is 5.97 Å². The van der Waals surface area contributed by atoms with E-state index in [1.54, 1.807) is 0 Å². The molecule has 1 aromatic carbocycles. The first kappa shape index (κ1) is 15.9. The first-order chi connectivity index (χ1) is 10.0. The van der Waals surface area contributed by atoms with Crippen molar-refractivity contribution in [2.75, 3.05) is 19.8 Å². The molecule has 1 aromatic rings. The van der Waals surface area contributed by atoms with Gasteiger partial charge in [-0.05, 0) is 30.7 Å². The van der Waals surface area contributed by atoms with Crippen LogP contribution in [0, 0.1) is 17.6 Å². The third kappa shape index (κ3) is 3.98. The van der Waals surface area contributed by atoms with E-state index in [0.29, 0.717) is 25.3 Å². The third-order valence-electron chi connectivity index (χ3n) is 3.66. The van der Waals surface area contributed by atoms with E-state index in [2.05, 4.69) is 0 Å². The van der Waals surface area contributed by atoms with E-state index in [0.717, 1.165) is 12.5 Å². The molecule has 1 saturated heterocycles. The van der Waals surface area contributed by atoms with Crippen molar-refractivity contribution in [3.8, 4) is 0 Å². The molecule has 1 heterocycles. The topological polar surface area (TPSA) is 49.8 Å². The molecule has 0 aliphatic carbocycles. The minimum atomic E-state index is -0.899. The second-order valence-electron chi connectivity index (χ2n) is 5.30. The summed E-state index contributed by atoms with van der Waals surface area (Å²) in [5, 5.41) is 9.23. The van der Waals surface area contributed by atoms with Crippen molar-refractivity contribution in [2.45, 2.75) is 25.9 Å². The molecule has 1 N–H and O–H groups in total. The van der Waals surface area contributed by atoms with Crippen LogP contribution in [0.5, 0.6) is 0 Å². The van der Waals surface area contributed by atoms with Gasteiger partial charge in [-0.1, -0.05) is 6.92 Å². The van der Waals surface area contributed by atoms with E-state index in [4.69, 9.17) is 4.74 Å². The average molecular weight is 299 g/mol. The monoisotopic (exact) mass is 299 g/mol. The Labute approximate surface area is 122 Å². The number of aliphatic carboxylic acids is 1. The fraction of sp³-hybridized carbons (Fsp3) is 0.533. The molecule has 0 amide bonds. The Morgan fingerprint density at radius 2 is 2.00 bits per heavy atom. The van der Waals surface area contributed by atoms with Crippen molar-refractivity contribution in [1.29, 1.82) is 0 Å². The van der Waals surface area contributed by atoms with Gasteiger partial charge in [-0.25, -0.2) is 8.78 Å². The first-order valence-corrected chi connectivity index (χ1v) is 7.00. The molecule has 2 atom stereocenters. The molecule has 2 unspecified atom stereocenters. The highest BCUT2D eigenvalue weighted by molar-refractivity contribution is 5.71. The van der Waals surface area contributed by atoms with Crippen molar-refractivity contribution in [2.24, 2.45) is 5.92 Å². The molecule has 0 saturated carbocycles. The lowest BCUT2D eigenvalue weighted by molar-refractivity contribution is -0.143. The van der Waals surface area contributed by atoms with Crippen LogP contribution in [0.2, 0.25) is 0 Å². The molecule has 1 aliphatic heterocycles. The SMILES string of the molecule is CCCN(Cc1cc(F)cc(F)c1)C1COCC1C(=O)O. The lowest BCUT2D eigenvalue weighted by Crippen LogP contribution is -2.43. The van der Waals surface area contributed by atoms with Crippen molar-refractivity contribution in [3.63, 3.8) is 0 Å². The van der Waals surface area contributed by atoms with E-state index < -0.39 is 23.5 Å². The molecule has 6 heteroatoms.